The summed E-state index contributed by atoms with van der Waals surface area (Å²) in [7, 11) is 0. The second kappa shape index (κ2) is 5.58. The van der Waals surface area contributed by atoms with Crippen molar-refractivity contribution in [2.75, 3.05) is 11.9 Å². The van der Waals surface area contributed by atoms with Gasteiger partial charge >= 0.3 is 0 Å². The van der Waals surface area contributed by atoms with Gasteiger partial charge in [0.15, 0.2) is 0 Å². The quantitative estimate of drug-likeness (QED) is 0.866. The third-order valence-corrected chi connectivity index (χ3v) is 3.85. The summed E-state index contributed by atoms with van der Waals surface area (Å²) in [5.41, 5.74) is 3.82. The van der Waals surface area contributed by atoms with E-state index in [-0.39, 0.29) is 0 Å². The molecular weight excluding hydrogens is 246 g/mol. The predicted molar refractivity (Wildman–Crippen MR) is 83.4 cm³/mol. The molecule has 0 amide bonds. The normalized spacial score (nSPS) is 17.4. The van der Waals surface area contributed by atoms with Crippen molar-refractivity contribution < 1.29 is 4.74 Å². The Labute approximate surface area is 120 Å². The molecule has 2 aromatic rings. The lowest BCUT2D eigenvalue weighted by molar-refractivity contribution is 0.274. The lowest BCUT2D eigenvalue weighted by Gasteiger charge is -2.27. The summed E-state index contributed by atoms with van der Waals surface area (Å²) in [6.07, 6.45) is 1.00. The summed E-state index contributed by atoms with van der Waals surface area (Å²) < 4.78 is 5.71. The molecule has 1 aliphatic heterocycles. The van der Waals surface area contributed by atoms with Gasteiger partial charge in [-0.3, -0.25) is 0 Å². The minimum Gasteiger partial charge on any atom is -0.493 e. The molecule has 3 rings (SSSR count). The maximum atomic E-state index is 5.71. The minimum absolute atomic E-state index is 0.336. The summed E-state index contributed by atoms with van der Waals surface area (Å²) in [5.74, 6) is 1.56. The summed E-state index contributed by atoms with van der Waals surface area (Å²) >= 11 is 0. The van der Waals surface area contributed by atoms with E-state index in [0.29, 0.717) is 12.0 Å². The second-order valence-electron chi connectivity index (χ2n) is 5.65. The Kier molecular flexibility index (Phi) is 3.64. The van der Waals surface area contributed by atoms with Crippen molar-refractivity contribution in [3.63, 3.8) is 0 Å². The van der Waals surface area contributed by atoms with E-state index in [1.807, 2.05) is 12.1 Å². The Morgan fingerprint density at radius 3 is 2.80 bits per heavy atom. The Bertz CT molecular complexity index is 591. The fourth-order valence-electron chi connectivity index (χ4n) is 2.68. The predicted octanol–water partition coefficient (Wildman–Crippen LogP) is 4.75. The molecule has 104 valence electrons. The number of hydrogen-bond acceptors (Lipinski definition) is 2. The summed E-state index contributed by atoms with van der Waals surface area (Å²) in [6, 6.07) is 17.4. The van der Waals surface area contributed by atoms with Gasteiger partial charge in [0.1, 0.15) is 5.75 Å². The molecule has 2 nitrogen and oxygen atoms in total. The van der Waals surface area contributed by atoms with Crippen LogP contribution >= 0.6 is 0 Å². The van der Waals surface area contributed by atoms with Crippen LogP contribution < -0.4 is 10.1 Å². The highest BCUT2D eigenvalue weighted by atomic mass is 16.5. The van der Waals surface area contributed by atoms with Crippen LogP contribution in [0.1, 0.15) is 43.4 Å². The first-order valence-electron chi connectivity index (χ1n) is 7.32. The maximum Gasteiger partial charge on any atom is 0.124 e. The van der Waals surface area contributed by atoms with Crippen LogP contribution in [0.4, 0.5) is 5.69 Å². The molecule has 1 unspecified atom stereocenters. The third-order valence-electron chi connectivity index (χ3n) is 3.85. The number of anilines is 1. The first-order chi connectivity index (χ1) is 9.74. The zero-order valence-corrected chi connectivity index (χ0v) is 12.1. The highest BCUT2D eigenvalue weighted by Gasteiger charge is 2.20. The topological polar surface area (TPSA) is 21.3 Å². The number of ether oxygens (including phenoxy) is 1. The van der Waals surface area contributed by atoms with Crippen molar-refractivity contribution >= 4 is 5.69 Å². The van der Waals surface area contributed by atoms with Crippen molar-refractivity contribution in [3.05, 3.63) is 59.7 Å². The van der Waals surface area contributed by atoms with Crippen LogP contribution in [-0.4, -0.2) is 6.61 Å². The van der Waals surface area contributed by atoms with Crippen LogP contribution in [0.3, 0.4) is 0 Å². The zero-order chi connectivity index (χ0) is 13.9. The average Bonchev–Trinajstić information content (AvgIpc) is 2.48. The van der Waals surface area contributed by atoms with Gasteiger partial charge in [-0.25, -0.2) is 0 Å². The van der Waals surface area contributed by atoms with Crippen molar-refractivity contribution in [1.82, 2.24) is 0 Å². The third kappa shape index (κ3) is 2.64. The van der Waals surface area contributed by atoms with Crippen molar-refractivity contribution in [2.24, 2.45) is 0 Å². The van der Waals surface area contributed by atoms with Crippen LogP contribution in [0, 0.1) is 0 Å². The number of hydrogen-bond donors (Lipinski definition) is 1. The van der Waals surface area contributed by atoms with Gasteiger partial charge in [-0.15, -0.1) is 0 Å². The van der Waals surface area contributed by atoms with E-state index in [4.69, 9.17) is 4.74 Å². The van der Waals surface area contributed by atoms with Gasteiger partial charge in [-0.1, -0.05) is 44.2 Å². The van der Waals surface area contributed by atoms with Gasteiger partial charge < -0.3 is 10.1 Å². The summed E-state index contributed by atoms with van der Waals surface area (Å²) in [5, 5.41) is 3.65. The molecule has 0 saturated heterocycles. The molecule has 0 aliphatic carbocycles. The molecule has 20 heavy (non-hydrogen) atoms. The van der Waals surface area contributed by atoms with Gasteiger partial charge in [0.2, 0.25) is 0 Å². The van der Waals surface area contributed by atoms with Crippen LogP contribution in [0.25, 0.3) is 0 Å². The Balaban J connectivity index is 1.84. The Morgan fingerprint density at radius 2 is 1.95 bits per heavy atom. The summed E-state index contributed by atoms with van der Waals surface area (Å²) in [4.78, 5) is 0. The highest BCUT2D eigenvalue weighted by Crippen LogP contribution is 2.34. The number of nitrogens with one attached hydrogen (secondary N) is 1. The van der Waals surface area contributed by atoms with Gasteiger partial charge in [-0.05, 0) is 29.7 Å². The largest absolute Gasteiger partial charge is 0.493 e. The number of rotatable bonds is 3. The fraction of sp³-hybridized carbons (Fsp3) is 0.333. The molecular formula is C18H21NO. The summed E-state index contributed by atoms with van der Waals surface area (Å²) in [6.45, 7) is 5.23. The molecule has 0 aromatic heterocycles. The molecule has 0 saturated carbocycles. The Morgan fingerprint density at radius 1 is 1.10 bits per heavy atom. The molecule has 1 atom stereocenters. The van der Waals surface area contributed by atoms with Gasteiger partial charge in [-0.2, -0.15) is 0 Å². The lowest BCUT2D eigenvalue weighted by Crippen LogP contribution is -2.20. The molecule has 2 aromatic carbocycles. The van der Waals surface area contributed by atoms with Gasteiger partial charge in [0.05, 0.1) is 12.6 Å². The molecule has 1 aliphatic rings. The lowest BCUT2D eigenvalue weighted by atomic mass is 9.99. The number of benzene rings is 2. The molecule has 2 heteroatoms. The monoisotopic (exact) mass is 267 g/mol. The molecule has 0 fully saturated rings. The SMILES string of the molecule is CC(C)c1cccc(NC2CCOc3ccccc32)c1. The van der Waals surface area contributed by atoms with Crippen molar-refractivity contribution in [1.29, 1.82) is 0 Å². The standard InChI is InChI=1S/C18H21NO/c1-13(2)14-6-5-7-15(12-14)19-17-10-11-20-18-9-4-3-8-16(17)18/h3-9,12-13,17,19H,10-11H2,1-2H3. The van der Waals surface area contributed by atoms with Crippen LogP contribution in [0.15, 0.2) is 48.5 Å². The molecule has 1 N–H and O–H groups in total. The van der Waals surface area contributed by atoms with E-state index < -0.39 is 0 Å². The van der Waals surface area contributed by atoms with E-state index >= 15 is 0 Å². The fourth-order valence-corrected chi connectivity index (χ4v) is 2.68. The molecule has 1 heterocycles. The average molecular weight is 267 g/mol. The van der Waals surface area contributed by atoms with Gasteiger partial charge in [0.25, 0.3) is 0 Å². The molecule has 0 radical (unpaired) electrons. The first-order valence-corrected chi connectivity index (χ1v) is 7.32. The van der Waals surface area contributed by atoms with E-state index in [0.717, 1.165) is 18.8 Å². The van der Waals surface area contributed by atoms with Crippen LogP contribution in [0.5, 0.6) is 5.75 Å². The van der Waals surface area contributed by atoms with E-state index in [2.05, 4.69) is 55.6 Å². The van der Waals surface area contributed by atoms with E-state index in [1.165, 1.54) is 16.8 Å². The first kappa shape index (κ1) is 13.0. The van der Waals surface area contributed by atoms with Crippen LogP contribution in [0.2, 0.25) is 0 Å². The maximum absolute atomic E-state index is 5.71. The van der Waals surface area contributed by atoms with E-state index in [1.54, 1.807) is 0 Å². The molecule has 0 bridgehead atoms. The van der Waals surface area contributed by atoms with Crippen molar-refractivity contribution in [2.45, 2.75) is 32.2 Å². The van der Waals surface area contributed by atoms with E-state index in [9.17, 15) is 0 Å². The zero-order valence-electron chi connectivity index (χ0n) is 12.1. The number of para-hydroxylation sites is 1. The van der Waals surface area contributed by atoms with Gasteiger partial charge in [0, 0.05) is 17.7 Å². The van der Waals surface area contributed by atoms with Crippen molar-refractivity contribution in [3.8, 4) is 5.75 Å². The number of fused-ring (bicyclic) bond motifs is 1. The smallest absolute Gasteiger partial charge is 0.124 e. The van der Waals surface area contributed by atoms with Crippen LogP contribution in [-0.2, 0) is 0 Å². The molecule has 0 spiro atoms. The second-order valence-corrected chi connectivity index (χ2v) is 5.65. The Hall–Kier alpha value is -1.96. The minimum atomic E-state index is 0.336. The highest BCUT2D eigenvalue weighted by molar-refractivity contribution is 5.50.